The van der Waals surface area contributed by atoms with Crippen molar-refractivity contribution in [3.05, 3.63) is 65.7 Å². The Morgan fingerprint density at radius 3 is 2.50 bits per heavy atom. The number of hydrogen-bond acceptors (Lipinski definition) is 2. The van der Waals surface area contributed by atoms with Crippen LogP contribution in [0.2, 0.25) is 0 Å². The average molecular weight is 353 g/mol. The quantitative estimate of drug-likeness (QED) is 0.763. The molecular weight excluding hydrogens is 333 g/mol. The lowest BCUT2D eigenvalue weighted by Crippen LogP contribution is -2.46. The fraction of sp³-hybridized carbons (Fsp3) is 0.300. The zero-order valence-corrected chi connectivity index (χ0v) is 14.5. The number of benzene rings is 2. The first kappa shape index (κ1) is 16.6. The molecule has 26 heavy (non-hydrogen) atoms. The summed E-state index contributed by atoms with van der Waals surface area (Å²) in [5.41, 5.74) is 2.22. The Balaban J connectivity index is 1.87. The summed E-state index contributed by atoms with van der Waals surface area (Å²) in [6.45, 7) is 0.892. The first-order valence-corrected chi connectivity index (χ1v) is 8.67. The highest BCUT2D eigenvalue weighted by Gasteiger charge is 2.42. The highest BCUT2D eigenvalue weighted by Crippen LogP contribution is 2.42. The molecule has 134 valence electrons. The van der Waals surface area contributed by atoms with Crippen molar-refractivity contribution in [3.8, 4) is 0 Å². The minimum absolute atomic E-state index is 0.309. The van der Waals surface area contributed by atoms with Crippen LogP contribution in [0.5, 0.6) is 0 Å². The molecule has 5 nitrogen and oxygen atoms in total. The lowest BCUT2D eigenvalue weighted by Gasteiger charge is -2.40. The summed E-state index contributed by atoms with van der Waals surface area (Å²) in [5, 5.41) is 9.31. The van der Waals surface area contributed by atoms with Gasteiger partial charge < -0.3 is 14.6 Å². The summed E-state index contributed by atoms with van der Waals surface area (Å²) in [5.74, 6) is 0.547. The number of aryl methyl sites for hydroxylation is 1. The molecule has 2 aromatic carbocycles. The molecule has 1 N–H and O–H groups in total. The topological polar surface area (TPSA) is 58.4 Å². The maximum absolute atomic E-state index is 13.7. The number of carbonyl (C=O) groups is 1. The molecule has 6 heteroatoms. The number of halogens is 1. The van der Waals surface area contributed by atoms with Crippen LogP contribution in [-0.4, -0.2) is 38.7 Å². The number of rotatable bonds is 2. The third-order valence-electron chi connectivity index (χ3n) is 5.48. The van der Waals surface area contributed by atoms with Crippen molar-refractivity contribution in [2.75, 3.05) is 13.1 Å². The molecule has 4 rings (SSSR count). The van der Waals surface area contributed by atoms with Crippen LogP contribution in [0, 0.1) is 5.82 Å². The Morgan fingerprint density at radius 2 is 1.85 bits per heavy atom. The monoisotopic (exact) mass is 353 g/mol. The van der Waals surface area contributed by atoms with Crippen molar-refractivity contribution in [1.29, 1.82) is 0 Å². The predicted molar refractivity (Wildman–Crippen MR) is 96.7 cm³/mol. The molecule has 0 aliphatic carbocycles. The van der Waals surface area contributed by atoms with Crippen LogP contribution in [0.15, 0.2) is 48.5 Å². The SMILES string of the molecule is Cn1c(C2(c3ccccc3)CCN(C(=O)O)CC2)nc2cc(F)ccc21. The zero-order chi connectivity index (χ0) is 18.3. The number of aromatic nitrogens is 2. The van der Waals surface area contributed by atoms with E-state index in [1.54, 1.807) is 6.07 Å². The van der Waals surface area contributed by atoms with Gasteiger partial charge in [0, 0.05) is 26.2 Å². The first-order chi connectivity index (χ1) is 12.5. The number of nitrogens with zero attached hydrogens (tertiary/aromatic N) is 3. The van der Waals surface area contributed by atoms with Crippen molar-refractivity contribution in [2.45, 2.75) is 18.3 Å². The summed E-state index contributed by atoms with van der Waals surface area (Å²) in [4.78, 5) is 17.6. The highest BCUT2D eigenvalue weighted by atomic mass is 19.1. The summed E-state index contributed by atoms with van der Waals surface area (Å²) in [6, 6.07) is 14.7. The van der Waals surface area contributed by atoms with Crippen LogP contribution in [-0.2, 0) is 12.5 Å². The van der Waals surface area contributed by atoms with Crippen LogP contribution in [0.1, 0.15) is 24.2 Å². The van der Waals surface area contributed by atoms with E-state index in [4.69, 9.17) is 4.98 Å². The van der Waals surface area contributed by atoms with Crippen LogP contribution in [0.4, 0.5) is 9.18 Å². The van der Waals surface area contributed by atoms with E-state index in [9.17, 15) is 14.3 Å². The minimum atomic E-state index is -0.890. The molecule has 0 spiro atoms. The van der Waals surface area contributed by atoms with E-state index in [-0.39, 0.29) is 5.82 Å². The smallest absolute Gasteiger partial charge is 0.407 e. The summed E-state index contributed by atoms with van der Waals surface area (Å²) in [6.07, 6.45) is 0.394. The number of fused-ring (bicyclic) bond motifs is 1. The highest BCUT2D eigenvalue weighted by molar-refractivity contribution is 5.76. The third-order valence-corrected chi connectivity index (χ3v) is 5.48. The summed E-state index contributed by atoms with van der Waals surface area (Å²) in [7, 11) is 1.94. The Morgan fingerprint density at radius 1 is 1.15 bits per heavy atom. The number of imidazole rings is 1. The average Bonchev–Trinajstić information content (AvgIpc) is 2.98. The molecule has 0 unspecified atom stereocenters. The molecule has 1 aliphatic rings. The molecule has 1 aliphatic heterocycles. The normalized spacial score (nSPS) is 16.8. The van der Waals surface area contributed by atoms with Crippen molar-refractivity contribution in [2.24, 2.45) is 7.05 Å². The molecule has 1 amide bonds. The Hall–Kier alpha value is -2.89. The van der Waals surface area contributed by atoms with Gasteiger partial charge in [-0.3, -0.25) is 0 Å². The fourth-order valence-corrected chi connectivity index (χ4v) is 4.08. The summed E-state index contributed by atoms with van der Waals surface area (Å²) >= 11 is 0. The van der Waals surface area contributed by atoms with E-state index < -0.39 is 11.5 Å². The fourth-order valence-electron chi connectivity index (χ4n) is 4.08. The van der Waals surface area contributed by atoms with Crippen molar-refractivity contribution >= 4 is 17.1 Å². The van der Waals surface area contributed by atoms with Gasteiger partial charge in [0.2, 0.25) is 0 Å². The molecule has 1 fully saturated rings. The van der Waals surface area contributed by atoms with Gasteiger partial charge in [0.25, 0.3) is 0 Å². The van der Waals surface area contributed by atoms with E-state index in [1.807, 2.05) is 29.8 Å². The van der Waals surface area contributed by atoms with E-state index >= 15 is 0 Å². The lowest BCUT2D eigenvalue weighted by molar-refractivity contribution is 0.121. The molecule has 0 atom stereocenters. The van der Waals surface area contributed by atoms with E-state index in [2.05, 4.69) is 12.1 Å². The van der Waals surface area contributed by atoms with Gasteiger partial charge in [0.15, 0.2) is 0 Å². The molecule has 0 radical (unpaired) electrons. The number of amides is 1. The third kappa shape index (κ3) is 2.53. The van der Waals surface area contributed by atoms with Gasteiger partial charge in [-0.1, -0.05) is 30.3 Å². The molecular formula is C20H20FN3O2. The standard InChI is InChI=1S/C20H20FN3O2/c1-23-17-8-7-15(21)13-16(17)22-18(23)20(14-5-3-2-4-6-14)9-11-24(12-10-20)19(25)26/h2-8,13H,9-12H2,1H3,(H,25,26). The van der Waals surface area contributed by atoms with Gasteiger partial charge in [-0.2, -0.15) is 0 Å². The van der Waals surface area contributed by atoms with Gasteiger partial charge in [-0.15, -0.1) is 0 Å². The predicted octanol–water partition coefficient (Wildman–Crippen LogP) is 3.77. The Bertz CT molecular complexity index is 960. The van der Waals surface area contributed by atoms with Crippen molar-refractivity contribution < 1.29 is 14.3 Å². The van der Waals surface area contributed by atoms with Crippen molar-refractivity contribution in [1.82, 2.24) is 14.5 Å². The van der Waals surface area contributed by atoms with Gasteiger partial charge in [-0.25, -0.2) is 14.2 Å². The zero-order valence-electron chi connectivity index (χ0n) is 14.5. The number of likely N-dealkylation sites (tertiary alicyclic amines) is 1. The second kappa shape index (κ2) is 6.12. The maximum Gasteiger partial charge on any atom is 0.407 e. The second-order valence-electron chi connectivity index (χ2n) is 6.85. The van der Waals surface area contributed by atoms with Gasteiger partial charge in [0.05, 0.1) is 16.4 Å². The first-order valence-electron chi connectivity index (χ1n) is 8.67. The summed E-state index contributed by atoms with van der Waals surface area (Å²) < 4.78 is 15.7. The minimum Gasteiger partial charge on any atom is -0.465 e. The van der Waals surface area contributed by atoms with E-state index in [0.717, 1.165) is 16.9 Å². The van der Waals surface area contributed by atoms with Crippen LogP contribution >= 0.6 is 0 Å². The van der Waals surface area contributed by atoms with E-state index in [1.165, 1.54) is 17.0 Å². The van der Waals surface area contributed by atoms with Crippen LogP contribution in [0.3, 0.4) is 0 Å². The van der Waals surface area contributed by atoms with Gasteiger partial charge >= 0.3 is 6.09 Å². The number of carboxylic acid groups (broad SMARTS) is 1. The van der Waals surface area contributed by atoms with Crippen LogP contribution in [0.25, 0.3) is 11.0 Å². The molecule has 0 bridgehead atoms. The molecule has 1 saturated heterocycles. The number of hydrogen-bond donors (Lipinski definition) is 1. The largest absolute Gasteiger partial charge is 0.465 e. The van der Waals surface area contributed by atoms with E-state index in [0.29, 0.717) is 31.4 Å². The van der Waals surface area contributed by atoms with Gasteiger partial charge in [-0.05, 0) is 30.5 Å². The lowest BCUT2D eigenvalue weighted by atomic mass is 9.72. The Kier molecular flexibility index (Phi) is 3.90. The second-order valence-corrected chi connectivity index (χ2v) is 6.85. The molecule has 2 heterocycles. The molecule has 3 aromatic rings. The van der Waals surface area contributed by atoms with Crippen LogP contribution < -0.4 is 0 Å². The molecule has 0 saturated carbocycles. The maximum atomic E-state index is 13.7. The number of piperidine rings is 1. The van der Waals surface area contributed by atoms with Gasteiger partial charge in [0.1, 0.15) is 11.6 Å². The molecule has 1 aromatic heterocycles. The van der Waals surface area contributed by atoms with Crippen molar-refractivity contribution in [3.63, 3.8) is 0 Å². The Labute approximate surface area is 150 Å².